The first-order chi connectivity index (χ1) is 13.3. The molecule has 1 saturated heterocycles. The van der Waals surface area contributed by atoms with Crippen LogP contribution in [0.1, 0.15) is 35.3 Å². The Labute approximate surface area is 160 Å². The fourth-order valence-corrected chi connectivity index (χ4v) is 3.22. The molecule has 0 spiro atoms. The molecule has 144 valence electrons. The highest BCUT2D eigenvalue weighted by atomic mass is 16.5. The van der Waals surface area contributed by atoms with Crippen LogP contribution in [0.4, 0.5) is 5.82 Å². The third kappa shape index (κ3) is 5.52. The van der Waals surface area contributed by atoms with Crippen molar-refractivity contribution in [3.63, 3.8) is 0 Å². The molecule has 3 rings (SSSR count). The summed E-state index contributed by atoms with van der Waals surface area (Å²) in [7, 11) is 0. The van der Waals surface area contributed by atoms with E-state index in [0.29, 0.717) is 25.3 Å². The second-order valence-corrected chi connectivity index (χ2v) is 6.57. The summed E-state index contributed by atoms with van der Waals surface area (Å²) in [6.07, 6.45) is 2.53. The van der Waals surface area contributed by atoms with Crippen LogP contribution in [0.2, 0.25) is 0 Å². The number of rotatable bonds is 8. The van der Waals surface area contributed by atoms with Gasteiger partial charge < -0.3 is 20.3 Å². The Morgan fingerprint density at radius 2 is 2.19 bits per heavy atom. The Hall–Kier alpha value is -2.44. The maximum atomic E-state index is 12.4. The van der Waals surface area contributed by atoms with Crippen LogP contribution < -0.4 is 15.5 Å². The summed E-state index contributed by atoms with van der Waals surface area (Å²) in [4.78, 5) is 19.1. The second-order valence-electron chi connectivity index (χ2n) is 6.57. The minimum absolute atomic E-state index is 0.0649. The van der Waals surface area contributed by atoms with Crippen molar-refractivity contribution >= 4 is 11.7 Å². The van der Waals surface area contributed by atoms with Crippen LogP contribution in [0, 0.1) is 0 Å². The van der Waals surface area contributed by atoms with Crippen molar-refractivity contribution in [3.05, 3.63) is 59.8 Å². The molecule has 0 saturated carbocycles. The number of nitrogens with one attached hydrogen (secondary N) is 2. The minimum Gasteiger partial charge on any atom is -0.382 e. The van der Waals surface area contributed by atoms with E-state index in [1.165, 1.54) is 5.56 Å². The summed E-state index contributed by atoms with van der Waals surface area (Å²) in [6, 6.07) is 14.3. The Morgan fingerprint density at radius 1 is 1.33 bits per heavy atom. The Bertz CT molecular complexity index is 723. The molecule has 1 aliphatic heterocycles. The van der Waals surface area contributed by atoms with Crippen LogP contribution in [0.5, 0.6) is 0 Å². The zero-order valence-electron chi connectivity index (χ0n) is 15.9. The van der Waals surface area contributed by atoms with E-state index in [2.05, 4.69) is 44.8 Å². The quantitative estimate of drug-likeness (QED) is 0.701. The number of nitrogens with zero attached hydrogens (tertiary/aromatic N) is 2. The Balaban J connectivity index is 1.60. The van der Waals surface area contributed by atoms with Gasteiger partial charge in [-0.3, -0.25) is 4.79 Å². The molecule has 2 heterocycles. The van der Waals surface area contributed by atoms with E-state index < -0.39 is 0 Å². The van der Waals surface area contributed by atoms with Crippen molar-refractivity contribution in [2.75, 3.05) is 44.3 Å². The standard InChI is InChI=1S/C21H28N4O2/c1-2-27-14-6-10-24-21(26)18-9-11-23-20(15-18)25-13-12-22-19(16-25)17-7-4-3-5-8-17/h3-5,7-9,11,15,19,22H,2,6,10,12-14,16H2,1H3,(H,24,26)/t19-/m0/s1. The normalized spacial score (nSPS) is 16.9. The lowest BCUT2D eigenvalue weighted by Gasteiger charge is -2.34. The Morgan fingerprint density at radius 3 is 3.00 bits per heavy atom. The van der Waals surface area contributed by atoms with E-state index in [9.17, 15) is 4.79 Å². The topological polar surface area (TPSA) is 66.5 Å². The van der Waals surface area contributed by atoms with Gasteiger partial charge in [-0.25, -0.2) is 4.98 Å². The molecule has 27 heavy (non-hydrogen) atoms. The number of piperazine rings is 1. The number of anilines is 1. The van der Waals surface area contributed by atoms with Crippen molar-refractivity contribution in [1.29, 1.82) is 0 Å². The van der Waals surface area contributed by atoms with Gasteiger partial charge in [0.2, 0.25) is 0 Å². The van der Waals surface area contributed by atoms with E-state index in [1.54, 1.807) is 12.3 Å². The van der Waals surface area contributed by atoms with Gasteiger partial charge >= 0.3 is 0 Å². The highest BCUT2D eigenvalue weighted by molar-refractivity contribution is 5.94. The third-order valence-electron chi connectivity index (χ3n) is 4.66. The highest BCUT2D eigenvalue weighted by Gasteiger charge is 2.22. The van der Waals surface area contributed by atoms with Gasteiger partial charge in [0.1, 0.15) is 5.82 Å². The monoisotopic (exact) mass is 368 g/mol. The molecule has 1 aliphatic rings. The van der Waals surface area contributed by atoms with Crippen LogP contribution in [-0.2, 0) is 4.74 Å². The smallest absolute Gasteiger partial charge is 0.251 e. The maximum Gasteiger partial charge on any atom is 0.251 e. The molecule has 1 amide bonds. The summed E-state index contributed by atoms with van der Waals surface area (Å²) < 4.78 is 5.29. The van der Waals surface area contributed by atoms with Crippen molar-refractivity contribution in [2.45, 2.75) is 19.4 Å². The number of benzene rings is 1. The largest absolute Gasteiger partial charge is 0.382 e. The number of aromatic nitrogens is 1. The Kier molecular flexibility index (Phi) is 7.19. The number of pyridine rings is 1. The number of carbonyl (C=O) groups excluding carboxylic acids is 1. The van der Waals surface area contributed by atoms with Gasteiger partial charge in [-0.05, 0) is 31.0 Å². The number of hydrogen-bond donors (Lipinski definition) is 2. The van der Waals surface area contributed by atoms with Gasteiger partial charge in [0.25, 0.3) is 5.91 Å². The van der Waals surface area contributed by atoms with Gasteiger partial charge in [0, 0.05) is 57.2 Å². The van der Waals surface area contributed by atoms with Crippen molar-refractivity contribution in [3.8, 4) is 0 Å². The molecule has 1 fully saturated rings. The zero-order chi connectivity index (χ0) is 18.9. The first-order valence-corrected chi connectivity index (χ1v) is 9.63. The molecule has 6 heteroatoms. The third-order valence-corrected chi connectivity index (χ3v) is 4.66. The van der Waals surface area contributed by atoms with E-state index in [0.717, 1.165) is 31.9 Å². The molecule has 0 radical (unpaired) electrons. The molecule has 1 aromatic carbocycles. The van der Waals surface area contributed by atoms with Gasteiger partial charge in [0.15, 0.2) is 0 Å². The van der Waals surface area contributed by atoms with E-state index >= 15 is 0 Å². The SMILES string of the molecule is CCOCCCNC(=O)c1ccnc(N2CCN[C@H](c3ccccc3)C2)c1. The first kappa shape index (κ1) is 19.3. The first-order valence-electron chi connectivity index (χ1n) is 9.63. The predicted octanol–water partition coefficient (Wildman–Crippen LogP) is 2.39. The fraction of sp³-hybridized carbons (Fsp3) is 0.429. The molecule has 2 N–H and O–H groups in total. The van der Waals surface area contributed by atoms with Crippen LogP contribution in [0.15, 0.2) is 48.7 Å². The lowest BCUT2D eigenvalue weighted by Crippen LogP contribution is -2.46. The summed E-state index contributed by atoms with van der Waals surface area (Å²) in [5.41, 5.74) is 1.91. The number of hydrogen-bond acceptors (Lipinski definition) is 5. The summed E-state index contributed by atoms with van der Waals surface area (Å²) in [5, 5.41) is 6.50. The molecule has 6 nitrogen and oxygen atoms in total. The molecule has 0 aliphatic carbocycles. The van der Waals surface area contributed by atoms with Crippen LogP contribution in [-0.4, -0.2) is 50.3 Å². The van der Waals surface area contributed by atoms with Gasteiger partial charge in [-0.15, -0.1) is 0 Å². The van der Waals surface area contributed by atoms with Crippen LogP contribution in [0.25, 0.3) is 0 Å². The van der Waals surface area contributed by atoms with E-state index in [-0.39, 0.29) is 11.9 Å². The molecule has 0 unspecified atom stereocenters. The van der Waals surface area contributed by atoms with E-state index in [4.69, 9.17) is 4.74 Å². The maximum absolute atomic E-state index is 12.4. The average molecular weight is 368 g/mol. The van der Waals surface area contributed by atoms with E-state index in [1.807, 2.05) is 19.1 Å². The average Bonchev–Trinajstić information content (AvgIpc) is 2.74. The summed E-state index contributed by atoms with van der Waals surface area (Å²) >= 11 is 0. The number of amides is 1. The molecular formula is C21H28N4O2. The molecule has 1 aromatic heterocycles. The van der Waals surface area contributed by atoms with Crippen LogP contribution >= 0.6 is 0 Å². The second kappa shape index (κ2) is 10.0. The van der Waals surface area contributed by atoms with Gasteiger partial charge in [-0.1, -0.05) is 30.3 Å². The fourth-order valence-electron chi connectivity index (χ4n) is 3.22. The van der Waals surface area contributed by atoms with Crippen molar-refractivity contribution in [1.82, 2.24) is 15.6 Å². The van der Waals surface area contributed by atoms with Gasteiger partial charge in [0.05, 0.1) is 0 Å². The molecule has 1 atom stereocenters. The molecule has 2 aromatic rings. The molecular weight excluding hydrogens is 340 g/mol. The predicted molar refractivity (Wildman–Crippen MR) is 107 cm³/mol. The number of ether oxygens (including phenoxy) is 1. The summed E-state index contributed by atoms with van der Waals surface area (Å²) in [6.45, 7) is 6.54. The molecule has 0 bridgehead atoms. The lowest BCUT2D eigenvalue weighted by molar-refractivity contribution is 0.0944. The van der Waals surface area contributed by atoms with Crippen molar-refractivity contribution in [2.24, 2.45) is 0 Å². The highest BCUT2D eigenvalue weighted by Crippen LogP contribution is 2.21. The summed E-state index contributed by atoms with van der Waals surface area (Å²) in [5.74, 6) is 0.782. The number of carbonyl (C=O) groups is 1. The van der Waals surface area contributed by atoms with Crippen LogP contribution in [0.3, 0.4) is 0 Å². The lowest BCUT2D eigenvalue weighted by atomic mass is 10.0. The van der Waals surface area contributed by atoms with Gasteiger partial charge in [-0.2, -0.15) is 0 Å². The zero-order valence-corrected chi connectivity index (χ0v) is 15.9. The van der Waals surface area contributed by atoms with Crippen molar-refractivity contribution < 1.29 is 9.53 Å². The minimum atomic E-state index is -0.0649.